The Morgan fingerprint density at radius 3 is 2.85 bits per heavy atom. The van der Waals surface area contributed by atoms with Crippen LogP contribution in [-0.2, 0) is 11.3 Å². The highest BCUT2D eigenvalue weighted by molar-refractivity contribution is 6.30. The summed E-state index contributed by atoms with van der Waals surface area (Å²) in [5.41, 5.74) is 0.194. The molecule has 1 spiro atoms. The molecule has 1 saturated heterocycles. The number of imide groups is 1. The molecule has 2 fully saturated rings. The van der Waals surface area contributed by atoms with Crippen molar-refractivity contribution >= 4 is 23.5 Å². The first-order valence-electron chi connectivity index (χ1n) is 9.02. The van der Waals surface area contributed by atoms with Crippen molar-refractivity contribution in [3.05, 3.63) is 28.8 Å². The van der Waals surface area contributed by atoms with E-state index in [4.69, 9.17) is 16.3 Å². The molecular weight excluding hydrogens is 354 g/mol. The number of amides is 3. The second-order valence-corrected chi connectivity index (χ2v) is 7.83. The summed E-state index contributed by atoms with van der Waals surface area (Å²) in [6, 6.07) is 5.13. The molecule has 2 atom stereocenters. The quantitative estimate of drug-likeness (QED) is 0.798. The number of rotatable bonds is 5. The van der Waals surface area contributed by atoms with Crippen LogP contribution in [0.2, 0.25) is 5.02 Å². The lowest BCUT2D eigenvalue weighted by atomic mass is 9.73. The minimum absolute atomic E-state index is 0.0976. The van der Waals surface area contributed by atoms with Crippen LogP contribution in [0.4, 0.5) is 4.79 Å². The summed E-state index contributed by atoms with van der Waals surface area (Å²) in [4.78, 5) is 28.8. The molecule has 3 rings (SSSR count). The first kappa shape index (κ1) is 19.0. The highest BCUT2D eigenvalue weighted by Gasteiger charge is 2.54. The lowest BCUT2D eigenvalue weighted by Gasteiger charge is -2.37. The van der Waals surface area contributed by atoms with E-state index < -0.39 is 5.54 Å². The van der Waals surface area contributed by atoms with Crippen LogP contribution in [0, 0.1) is 5.92 Å². The maximum atomic E-state index is 13.0. The van der Waals surface area contributed by atoms with Crippen molar-refractivity contribution in [2.75, 3.05) is 20.8 Å². The lowest BCUT2D eigenvalue weighted by Crippen LogP contribution is -2.54. The molecule has 1 aromatic rings. The number of urea groups is 1. The van der Waals surface area contributed by atoms with Gasteiger partial charge in [-0.05, 0) is 44.0 Å². The zero-order chi connectivity index (χ0) is 18.9. The van der Waals surface area contributed by atoms with Gasteiger partial charge in [0.05, 0.1) is 13.8 Å². The van der Waals surface area contributed by atoms with Crippen LogP contribution in [0.3, 0.4) is 0 Å². The van der Waals surface area contributed by atoms with Gasteiger partial charge in [-0.3, -0.25) is 9.69 Å². The van der Waals surface area contributed by atoms with Crippen molar-refractivity contribution < 1.29 is 14.3 Å². The van der Waals surface area contributed by atoms with Gasteiger partial charge in [0, 0.05) is 17.1 Å². The molecular formula is C19H26ClN3O3. The van der Waals surface area contributed by atoms with Crippen LogP contribution < -0.4 is 10.1 Å². The van der Waals surface area contributed by atoms with Crippen molar-refractivity contribution in [3.8, 4) is 5.75 Å². The first-order chi connectivity index (χ1) is 12.4. The molecule has 1 N–H and O–H groups in total. The van der Waals surface area contributed by atoms with Gasteiger partial charge in [0.1, 0.15) is 11.3 Å². The number of nitrogens with one attached hydrogen (secondary N) is 1. The van der Waals surface area contributed by atoms with Crippen LogP contribution in [0.15, 0.2) is 18.2 Å². The molecule has 2 aliphatic rings. The van der Waals surface area contributed by atoms with Gasteiger partial charge < -0.3 is 10.1 Å². The molecule has 0 radical (unpaired) electrons. The Hall–Kier alpha value is -1.79. The monoisotopic (exact) mass is 379 g/mol. The second kappa shape index (κ2) is 7.45. The van der Waals surface area contributed by atoms with Crippen LogP contribution in [0.25, 0.3) is 0 Å². The Balaban J connectivity index is 1.71. The lowest BCUT2D eigenvalue weighted by molar-refractivity contribution is -0.135. The third kappa shape index (κ3) is 3.40. The van der Waals surface area contributed by atoms with Gasteiger partial charge in [0.15, 0.2) is 0 Å². The van der Waals surface area contributed by atoms with Gasteiger partial charge in [-0.25, -0.2) is 9.69 Å². The zero-order valence-electron chi connectivity index (χ0n) is 15.5. The maximum absolute atomic E-state index is 13.0. The van der Waals surface area contributed by atoms with E-state index in [0.29, 0.717) is 11.6 Å². The minimum Gasteiger partial charge on any atom is -0.496 e. The van der Waals surface area contributed by atoms with E-state index in [1.54, 1.807) is 13.2 Å². The molecule has 26 heavy (non-hydrogen) atoms. The Morgan fingerprint density at radius 1 is 1.38 bits per heavy atom. The van der Waals surface area contributed by atoms with Gasteiger partial charge in [0.25, 0.3) is 5.91 Å². The smallest absolute Gasteiger partial charge is 0.326 e. The molecule has 1 saturated carbocycles. The van der Waals surface area contributed by atoms with Crippen LogP contribution in [-0.4, -0.2) is 48.1 Å². The topological polar surface area (TPSA) is 61.9 Å². The number of ether oxygens (including phenoxy) is 1. The number of nitrogens with zero attached hydrogens (tertiary/aromatic N) is 2. The van der Waals surface area contributed by atoms with Crippen molar-refractivity contribution in [3.63, 3.8) is 0 Å². The predicted octanol–water partition coefficient (Wildman–Crippen LogP) is 3.24. The number of hydrogen-bond acceptors (Lipinski definition) is 4. The number of hydrogen-bond donors (Lipinski definition) is 1. The van der Waals surface area contributed by atoms with Crippen molar-refractivity contribution in [2.24, 2.45) is 5.92 Å². The number of methoxy groups -OCH3 is 1. The predicted molar refractivity (Wildman–Crippen MR) is 100 cm³/mol. The van der Waals surface area contributed by atoms with Crippen LogP contribution >= 0.6 is 11.6 Å². The van der Waals surface area contributed by atoms with E-state index in [1.807, 2.05) is 24.1 Å². The molecule has 6 nitrogen and oxygen atoms in total. The number of benzene rings is 1. The van der Waals surface area contributed by atoms with E-state index in [1.165, 1.54) is 4.90 Å². The molecule has 0 unspecified atom stereocenters. The maximum Gasteiger partial charge on any atom is 0.326 e. The summed E-state index contributed by atoms with van der Waals surface area (Å²) >= 11 is 6.08. The Labute approximate surface area is 159 Å². The standard InChI is InChI=1S/C19H26ClN3O3/c1-13-6-4-5-9-19(13)17(24)23(18(25)21-19)12-22(2)11-14-10-15(20)7-8-16(14)26-3/h7-8,10,13H,4-6,9,11-12H2,1-3H3,(H,21,25)/t13-,19+/m0/s1. The van der Waals surface area contributed by atoms with E-state index in [2.05, 4.69) is 12.2 Å². The molecule has 7 heteroatoms. The SMILES string of the molecule is COc1ccc(Cl)cc1CN(C)CN1C(=O)N[C@@]2(CCCC[C@@H]2C)C1=O. The summed E-state index contributed by atoms with van der Waals surface area (Å²) in [6.45, 7) is 2.81. The zero-order valence-corrected chi connectivity index (χ0v) is 16.3. The molecule has 3 amide bonds. The summed E-state index contributed by atoms with van der Waals surface area (Å²) in [5.74, 6) is 0.798. The highest BCUT2D eigenvalue weighted by atomic mass is 35.5. The minimum atomic E-state index is -0.718. The number of carbonyl (C=O) groups excluding carboxylic acids is 2. The van der Waals surface area contributed by atoms with E-state index in [9.17, 15) is 9.59 Å². The average Bonchev–Trinajstić information content (AvgIpc) is 2.83. The summed E-state index contributed by atoms with van der Waals surface area (Å²) in [7, 11) is 3.48. The number of carbonyl (C=O) groups is 2. The second-order valence-electron chi connectivity index (χ2n) is 7.39. The summed E-state index contributed by atoms with van der Waals surface area (Å²) < 4.78 is 5.37. The molecule has 1 heterocycles. The third-order valence-corrected chi connectivity index (χ3v) is 5.80. The fourth-order valence-corrected chi connectivity index (χ4v) is 4.27. The molecule has 1 aliphatic heterocycles. The fourth-order valence-electron chi connectivity index (χ4n) is 4.08. The van der Waals surface area contributed by atoms with Crippen molar-refractivity contribution in [1.82, 2.24) is 15.1 Å². The molecule has 0 bridgehead atoms. The summed E-state index contributed by atoms with van der Waals surface area (Å²) in [6.07, 6.45) is 3.77. The molecule has 142 valence electrons. The summed E-state index contributed by atoms with van der Waals surface area (Å²) in [5, 5.41) is 3.61. The average molecular weight is 380 g/mol. The van der Waals surface area contributed by atoms with Gasteiger partial charge in [-0.2, -0.15) is 0 Å². The largest absolute Gasteiger partial charge is 0.496 e. The Bertz CT molecular complexity index is 711. The third-order valence-electron chi connectivity index (χ3n) is 5.57. The van der Waals surface area contributed by atoms with Crippen molar-refractivity contribution in [2.45, 2.75) is 44.7 Å². The van der Waals surface area contributed by atoms with Crippen LogP contribution in [0.5, 0.6) is 5.75 Å². The Kier molecular flexibility index (Phi) is 5.44. The fraction of sp³-hybridized carbons (Fsp3) is 0.579. The molecule has 0 aromatic heterocycles. The number of halogens is 1. The molecule has 1 aliphatic carbocycles. The molecule has 1 aromatic carbocycles. The van der Waals surface area contributed by atoms with Gasteiger partial charge >= 0.3 is 6.03 Å². The first-order valence-corrected chi connectivity index (χ1v) is 9.40. The van der Waals surface area contributed by atoms with Gasteiger partial charge in [0.2, 0.25) is 0 Å². The normalized spacial score (nSPS) is 25.9. The van der Waals surface area contributed by atoms with Gasteiger partial charge in [-0.1, -0.05) is 31.4 Å². The van der Waals surface area contributed by atoms with E-state index in [-0.39, 0.29) is 24.5 Å². The van der Waals surface area contributed by atoms with Gasteiger partial charge in [-0.15, -0.1) is 0 Å². The van der Waals surface area contributed by atoms with E-state index in [0.717, 1.165) is 37.0 Å². The van der Waals surface area contributed by atoms with Crippen LogP contribution in [0.1, 0.15) is 38.2 Å². The van der Waals surface area contributed by atoms with Crippen molar-refractivity contribution in [1.29, 1.82) is 0 Å². The van der Waals surface area contributed by atoms with E-state index >= 15 is 0 Å². The highest BCUT2D eigenvalue weighted by Crippen LogP contribution is 2.38. The Morgan fingerprint density at radius 2 is 2.15 bits per heavy atom.